The van der Waals surface area contributed by atoms with Crippen molar-refractivity contribution in [1.29, 1.82) is 0 Å². The molecule has 0 heterocycles. The van der Waals surface area contributed by atoms with Crippen molar-refractivity contribution in [3.05, 3.63) is 121 Å². The molecule has 0 saturated heterocycles. The van der Waals surface area contributed by atoms with Gasteiger partial charge in [-0.1, -0.05) is 0 Å². The van der Waals surface area contributed by atoms with Crippen LogP contribution >= 0.6 is 24.8 Å². The number of benzene rings is 4. The number of allylic oxidation sites excluding steroid dienone is 4. The molecule has 54 heavy (non-hydrogen) atoms. The Labute approximate surface area is 349 Å². The maximum absolute atomic E-state index is 2.67. The van der Waals surface area contributed by atoms with E-state index in [2.05, 4.69) is 170 Å². The average Bonchev–Trinajstić information content (AvgIpc) is 3.66. The van der Waals surface area contributed by atoms with Crippen LogP contribution in [0, 0.1) is 39.5 Å². The molecule has 2 aliphatic carbocycles. The minimum Gasteiger partial charge on any atom is -0.147 e. The summed E-state index contributed by atoms with van der Waals surface area (Å²) in [5.74, 6) is 1.30. The van der Waals surface area contributed by atoms with Gasteiger partial charge in [-0.05, 0) is 0 Å². The van der Waals surface area contributed by atoms with Gasteiger partial charge < -0.3 is 0 Å². The normalized spacial score (nSPS) is 13.4. The van der Waals surface area contributed by atoms with Gasteiger partial charge in [0, 0.05) is 0 Å². The van der Waals surface area contributed by atoms with Crippen molar-refractivity contribution >= 4 is 31.3 Å². The van der Waals surface area contributed by atoms with Crippen LogP contribution in [0.3, 0.4) is 0 Å². The van der Waals surface area contributed by atoms with E-state index in [1.54, 1.807) is 17.7 Å². The Hall–Kier alpha value is -2.31. The SMILES string of the molecule is Cc1cc(C)cc(-c2cc3c(cc2C(C)(C)C)-c2cc(C(C)(C)C)c(-c4cc(C)cc(C)c4)[c]([Zr]([C]4=CC=CC4)=[C](CC(C)C)CC(C)C)c2C3)c1.Cl.Cl. The molecule has 0 aliphatic heterocycles. The number of rotatable bonds is 8. The van der Waals surface area contributed by atoms with E-state index in [4.69, 9.17) is 0 Å². The first-order chi connectivity index (χ1) is 24.3. The van der Waals surface area contributed by atoms with Gasteiger partial charge in [-0.2, -0.15) is 0 Å². The van der Waals surface area contributed by atoms with E-state index in [0.29, 0.717) is 11.8 Å². The van der Waals surface area contributed by atoms with E-state index in [9.17, 15) is 0 Å². The van der Waals surface area contributed by atoms with Gasteiger partial charge in [-0.25, -0.2) is 0 Å². The van der Waals surface area contributed by atoms with Gasteiger partial charge in [0.25, 0.3) is 0 Å². The first-order valence-electron chi connectivity index (χ1n) is 20.0. The summed E-state index contributed by atoms with van der Waals surface area (Å²) < 4.78 is 5.45. The summed E-state index contributed by atoms with van der Waals surface area (Å²) in [5, 5.41) is 0. The van der Waals surface area contributed by atoms with E-state index >= 15 is 0 Å². The van der Waals surface area contributed by atoms with Crippen molar-refractivity contribution in [1.82, 2.24) is 0 Å². The zero-order valence-electron chi connectivity index (χ0n) is 35.7. The molecule has 3 heteroatoms. The second kappa shape index (κ2) is 17.0. The molecule has 0 spiro atoms. The number of hydrogen-bond donors (Lipinski definition) is 0. The van der Waals surface area contributed by atoms with Crippen molar-refractivity contribution in [3.63, 3.8) is 0 Å². The van der Waals surface area contributed by atoms with E-state index in [0.717, 1.165) is 12.8 Å². The molecule has 0 radical (unpaired) electrons. The third kappa shape index (κ3) is 9.28. The van der Waals surface area contributed by atoms with E-state index in [1.165, 1.54) is 79.6 Å². The monoisotopic (exact) mass is 838 g/mol. The van der Waals surface area contributed by atoms with Gasteiger partial charge in [-0.3, -0.25) is 0 Å². The van der Waals surface area contributed by atoms with Crippen LogP contribution in [0.1, 0.15) is 133 Å². The van der Waals surface area contributed by atoms with Crippen LogP contribution in [0.25, 0.3) is 33.4 Å². The molecule has 4 aromatic rings. The molecule has 0 saturated carbocycles. The van der Waals surface area contributed by atoms with Gasteiger partial charge >= 0.3 is 327 Å². The summed E-state index contributed by atoms with van der Waals surface area (Å²) in [5.41, 5.74) is 20.3. The predicted octanol–water partition coefficient (Wildman–Crippen LogP) is 14.6. The van der Waals surface area contributed by atoms with Crippen molar-refractivity contribution in [3.8, 4) is 33.4 Å². The molecule has 0 amide bonds. The Morgan fingerprint density at radius 3 is 1.57 bits per heavy atom. The molecule has 288 valence electrons. The summed E-state index contributed by atoms with van der Waals surface area (Å²) in [6.45, 7) is 33.4. The summed E-state index contributed by atoms with van der Waals surface area (Å²) in [6.07, 6.45) is 12.0. The van der Waals surface area contributed by atoms with Gasteiger partial charge in [0.05, 0.1) is 0 Å². The summed E-state index contributed by atoms with van der Waals surface area (Å²) in [4.78, 5) is 0. The standard InChI is InChI=1S/C37H41.C9H18.C5H5.2ClH.Zr/c1-22-11-23(2)14-26(13-22)32-18-28-17-29-19-33(27-15-24(3)12-25(4)16-27)35(37(8,9)10)21-31(29)30(28)20-34(32)36(5,6)7;1-8(2)6-5-7-9(3)4;1-2-4-5-3-1;;;/h11-16,18,20-21H,17H2,1-10H3;8-9H,6-7H2,1-4H3;1-3H,4H2;2*1H;. The van der Waals surface area contributed by atoms with Gasteiger partial charge in [0.15, 0.2) is 0 Å². The fraction of sp³-hybridized carbons (Fsp3) is 0.431. The van der Waals surface area contributed by atoms with E-state index in [-0.39, 0.29) is 35.6 Å². The molecular weight excluding hydrogens is 775 g/mol. The third-order valence-electron chi connectivity index (χ3n) is 11.0. The zero-order valence-corrected chi connectivity index (χ0v) is 39.8. The minimum absolute atomic E-state index is 0. The van der Waals surface area contributed by atoms with Gasteiger partial charge in [-0.15, -0.1) is 24.8 Å². The first kappa shape index (κ1) is 44.4. The number of hydrogen-bond acceptors (Lipinski definition) is 0. The number of aryl methyl sites for hydroxylation is 4. The first-order valence-corrected chi connectivity index (χ1v) is 23.6. The fourth-order valence-corrected chi connectivity index (χ4v) is 18.9. The third-order valence-corrected chi connectivity index (χ3v) is 18.8. The maximum Gasteiger partial charge on any atom is -0.147 e. The summed E-state index contributed by atoms with van der Waals surface area (Å²) in [6, 6.07) is 22.3. The van der Waals surface area contributed by atoms with Crippen LogP contribution in [-0.2, 0) is 38.5 Å². The fourth-order valence-electron chi connectivity index (χ4n) is 9.13. The van der Waals surface area contributed by atoms with Crippen molar-refractivity contribution in [2.75, 3.05) is 0 Å². The maximum atomic E-state index is 2.66. The Kier molecular flexibility index (Phi) is 14.0. The topological polar surface area (TPSA) is 0 Å². The molecule has 0 aromatic heterocycles. The van der Waals surface area contributed by atoms with E-state index in [1.807, 2.05) is 3.21 Å². The molecule has 0 bridgehead atoms. The molecular formula is C51H66Cl2Zr. The minimum atomic E-state index is -2.67. The van der Waals surface area contributed by atoms with Crippen molar-refractivity contribution in [2.24, 2.45) is 11.8 Å². The summed E-state index contributed by atoms with van der Waals surface area (Å²) in [7, 11) is 0. The van der Waals surface area contributed by atoms with Gasteiger partial charge in [0.1, 0.15) is 0 Å². The van der Waals surface area contributed by atoms with Crippen LogP contribution in [-0.4, -0.2) is 3.21 Å². The van der Waals surface area contributed by atoms with Crippen LogP contribution in [0.15, 0.2) is 76.1 Å². The van der Waals surface area contributed by atoms with Crippen molar-refractivity contribution in [2.45, 2.75) is 133 Å². The molecule has 0 atom stereocenters. The number of halogens is 2. The predicted molar refractivity (Wildman–Crippen MR) is 242 cm³/mol. The molecule has 0 unspecified atom stereocenters. The number of fused-ring (bicyclic) bond motifs is 3. The molecule has 6 rings (SSSR count). The largest absolute Gasteiger partial charge is 0.147 e. The van der Waals surface area contributed by atoms with E-state index < -0.39 is 21.3 Å². The molecule has 4 aromatic carbocycles. The Morgan fingerprint density at radius 1 is 0.611 bits per heavy atom. The Morgan fingerprint density at radius 2 is 1.11 bits per heavy atom. The smallest absolute Gasteiger partial charge is 0.147 e. The van der Waals surface area contributed by atoms with Crippen LogP contribution in [0.4, 0.5) is 0 Å². The zero-order chi connectivity index (χ0) is 37.9. The summed E-state index contributed by atoms with van der Waals surface area (Å²) >= 11 is -2.67. The Bertz CT molecular complexity index is 2090. The van der Waals surface area contributed by atoms with Crippen LogP contribution in [0.5, 0.6) is 0 Å². The molecule has 0 fully saturated rings. The molecule has 0 nitrogen and oxygen atoms in total. The molecule has 0 N–H and O–H groups in total. The molecule has 2 aliphatic rings. The Balaban J connectivity index is 0.00000325. The van der Waals surface area contributed by atoms with Crippen molar-refractivity contribution < 1.29 is 21.3 Å². The quantitative estimate of drug-likeness (QED) is 0.146. The van der Waals surface area contributed by atoms with Crippen LogP contribution < -0.4 is 3.27 Å². The van der Waals surface area contributed by atoms with Crippen LogP contribution in [0.2, 0.25) is 0 Å². The second-order valence-electron chi connectivity index (χ2n) is 19.2. The second-order valence-corrected chi connectivity index (χ2v) is 25.6. The average molecular weight is 841 g/mol. The van der Waals surface area contributed by atoms with Gasteiger partial charge in [0.2, 0.25) is 0 Å².